The number of nitrogens with two attached hydrogens (primary N) is 1. The molecule has 23 heavy (non-hydrogen) atoms. The van der Waals surface area contributed by atoms with Gasteiger partial charge in [0.15, 0.2) is 0 Å². The second-order valence-electron chi connectivity index (χ2n) is 6.66. The molecule has 1 aromatic carbocycles. The molecular weight excluding hydrogens is 290 g/mol. The Morgan fingerprint density at radius 2 is 2.04 bits per heavy atom. The van der Waals surface area contributed by atoms with Crippen LogP contribution in [0.5, 0.6) is 0 Å². The van der Waals surface area contributed by atoms with Gasteiger partial charge in [0.2, 0.25) is 11.8 Å². The fraction of sp³-hybridized carbons (Fsp3) is 0.556. The molecule has 1 heterocycles. The molecule has 2 unspecified atom stereocenters. The van der Waals surface area contributed by atoms with Gasteiger partial charge in [0.25, 0.3) is 0 Å². The Kier molecular flexibility index (Phi) is 5.42. The zero-order valence-electron chi connectivity index (χ0n) is 14.3. The first-order chi connectivity index (χ1) is 10.8. The van der Waals surface area contributed by atoms with Crippen molar-refractivity contribution in [2.75, 3.05) is 11.4 Å². The van der Waals surface area contributed by atoms with Crippen LogP contribution < -0.4 is 16.0 Å². The van der Waals surface area contributed by atoms with Crippen molar-refractivity contribution in [3.63, 3.8) is 0 Å². The Labute approximate surface area is 138 Å². The molecule has 2 atom stereocenters. The van der Waals surface area contributed by atoms with E-state index in [1.54, 1.807) is 11.8 Å². The quantitative estimate of drug-likeness (QED) is 0.873. The van der Waals surface area contributed by atoms with Crippen LogP contribution in [0.15, 0.2) is 24.3 Å². The molecule has 1 aliphatic heterocycles. The molecule has 0 bridgehead atoms. The van der Waals surface area contributed by atoms with Crippen LogP contribution in [0.25, 0.3) is 0 Å². The van der Waals surface area contributed by atoms with Gasteiger partial charge in [-0.05, 0) is 45.2 Å². The van der Waals surface area contributed by atoms with Gasteiger partial charge in [-0.15, -0.1) is 0 Å². The summed E-state index contributed by atoms with van der Waals surface area (Å²) in [7, 11) is 0. The third-order valence-electron chi connectivity index (χ3n) is 4.38. The van der Waals surface area contributed by atoms with Crippen molar-refractivity contribution < 1.29 is 9.59 Å². The number of benzene rings is 1. The van der Waals surface area contributed by atoms with E-state index in [0.717, 1.165) is 24.1 Å². The molecule has 1 aromatic rings. The van der Waals surface area contributed by atoms with Crippen molar-refractivity contribution in [2.24, 2.45) is 5.73 Å². The van der Waals surface area contributed by atoms with Gasteiger partial charge in [0.1, 0.15) is 6.04 Å². The summed E-state index contributed by atoms with van der Waals surface area (Å²) in [5.41, 5.74) is 7.16. The fourth-order valence-corrected chi connectivity index (χ4v) is 2.95. The molecule has 1 saturated heterocycles. The summed E-state index contributed by atoms with van der Waals surface area (Å²) in [5.74, 6) is -0.302. The number of carbonyl (C=O) groups excluding carboxylic acids is 2. The van der Waals surface area contributed by atoms with Gasteiger partial charge in [-0.3, -0.25) is 9.59 Å². The van der Waals surface area contributed by atoms with Crippen molar-refractivity contribution in [1.29, 1.82) is 0 Å². The smallest absolute Gasteiger partial charge is 0.249 e. The number of carbonyl (C=O) groups is 2. The predicted octanol–water partition coefficient (Wildman–Crippen LogP) is 2.12. The van der Waals surface area contributed by atoms with Crippen molar-refractivity contribution in [3.8, 4) is 0 Å². The van der Waals surface area contributed by atoms with Gasteiger partial charge in [-0.25, -0.2) is 0 Å². The predicted molar refractivity (Wildman–Crippen MR) is 92.2 cm³/mol. The second kappa shape index (κ2) is 7.13. The maximum absolute atomic E-state index is 12.7. The lowest BCUT2D eigenvalue weighted by Gasteiger charge is -2.34. The minimum atomic E-state index is -0.929. The van der Waals surface area contributed by atoms with E-state index in [4.69, 9.17) is 5.73 Å². The minimum Gasteiger partial charge on any atom is -0.343 e. The van der Waals surface area contributed by atoms with Crippen LogP contribution in [0.3, 0.4) is 0 Å². The van der Waals surface area contributed by atoms with Crippen molar-refractivity contribution >= 4 is 17.5 Å². The summed E-state index contributed by atoms with van der Waals surface area (Å²) >= 11 is 0. The Balaban J connectivity index is 2.08. The fourth-order valence-electron chi connectivity index (χ4n) is 2.95. The van der Waals surface area contributed by atoms with E-state index in [-0.39, 0.29) is 11.8 Å². The molecule has 1 fully saturated rings. The van der Waals surface area contributed by atoms with Crippen LogP contribution in [0.2, 0.25) is 0 Å². The molecule has 1 aliphatic rings. The third kappa shape index (κ3) is 4.10. The van der Waals surface area contributed by atoms with Crippen LogP contribution in [-0.2, 0) is 9.59 Å². The highest BCUT2D eigenvalue weighted by Gasteiger charge is 2.35. The van der Waals surface area contributed by atoms with Crippen molar-refractivity contribution in [2.45, 2.75) is 58.0 Å². The number of nitrogens with one attached hydrogen (secondary N) is 1. The molecule has 0 saturated carbocycles. The van der Waals surface area contributed by atoms with Crippen LogP contribution in [-0.4, -0.2) is 29.9 Å². The van der Waals surface area contributed by atoms with E-state index in [1.807, 2.05) is 38.1 Å². The molecule has 5 nitrogen and oxygen atoms in total. The largest absolute Gasteiger partial charge is 0.343 e. The molecule has 3 N–H and O–H groups in total. The average molecular weight is 317 g/mol. The first-order valence-corrected chi connectivity index (χ1v) is 8.33. The maximum atomic E-state index is 12.7. The number of aryl methyl sites for hydroxylation is 1. The number of rotatable bonds is 5. The molecule has 2 rings (SSSR count). The number of hydrogen-bond acceptors (Lipinski definition) is 3. The van der Waals surface area contributed by atoms with E-state index in [2.05, 4.69) is 5.32 Å². The lowest BCUT2D eigenvalue weighted by Crippen LogP contribution is -2.59. The Hall–Kier alpha value is -1.88. The SMILES string of the molecule is CCCC(C)(N)C(=O)NC1CCCN(c2ccc(C)cc2)C1=O. The Morgan fingerprint density at radius 1 is 1.39 bits per heavy atom. The second-order valence-corrected chi connectivity index (χ2v) is 6.66. The van der Waals surface area contributed by atoms with E-state index >= 15 is 0 Å². The molecule has 0 aromatic heterocycles. The topological polar surface area (TPSA) is 75.4 Å². The minimum absolute atomic E-state index is 0.0549. The summed E-state index contributed by atoms with van der Waals surface area (Å²) in [6.45, 7) is 6.41. The number of nitrogens with zero attached hydrogens (tertiary/aromatic N) is 1. The molecular formula is C18H27N3O2. The van der Waals surface area contributed by atoms with Crippen LogP contribution in [0.4, 0.5) is 5.69 Å². The number of amides is 2. The summed E-state index contributed by atoms with van der Waals surface area (Å²) in [4.78, 5) is 26.8. The first kappa shape index (κ1) is 17.5. The van der Waals surface area contributed by atoms with Gasteiger partial charge in [0.05, 0.1) is 5.54 Å². The van der Waals surface area contributed by atoms with Gasteiger partial charge in [-0.1, -0.05) is 31.0 Å². The molecule has 0 aliphatic carbocycles. The standard InChI is InChI=1S/C18H27N3O2/c1-4-11-18(3,19)17(23)20-15-6-5-12-21(16(15)22)14-9-7-13(2)8-10-14/h7-10,15H,4-6,11-12,19H2,1-3H3,(H,20,23). The normalized spacial score (nSPS) is 21.0. The summed E-state index contributed by atoms with van der Waals surface area (Å²) in [6.07, 6.45) is 2.95. The zero-order valence-corrected chi connectivity index (χ0v) is 14.3. The summed E-state index contributed by atoms with van der Waals surface area (Å²) in [5, 5.41) is 2.85. The van der Waals surface area contributed by atoms with E-state index in [9.17, 15) is 9.59 Å². The molecule has 126 valence electrons. The van der Waals surface area contributed by atoms with Gasteiger partial charge < -0.3 is 16.0 Å². The zero-order chi connectivity index (χ0) is 17.0. The van der Waals surface area contributed by atoms with Gasteiger partial charge in [0, 0.05) is 12.2 Å². The number of piperidine rings is 1. The first-order valence-electron chi connectivity index (χ1n) is 8.33. The van der Waals surface area contributed by atoms with E-state index in [0.29, 0.717) is 19.4 Å². The molecule has 0 radical (unpaired) electrons. The number of anilines is 1. The maximum Gasteiger partial charge on any atom is 0.249 e. The van der Waals surface area contributed by atoms with Crippen LogP contribution in [0, 0.1) is 6.92 Å². The molecule has 5 heteroatoms. The van der Waals surface area contributed by atoms with Crippen LogP contribution in [0.1, 0.15) is 45.1 Å². The lowest BCUT2D eigenvalue weighted by atomic mass is 9.95. The average Bonchev–Trinajstić information content (AvgIpc) is 2.50. The Morgan fingerprint density at radius 3 is 2.65 bits per heavy atom. The summed E-state index contributed by atoms with van der Waals surface area (Å²) in [6, 6.07) is 7.38. The van der Waals surface area contributed by atoms with Crippen molar-refractivity contribution in [1.82, 2.24) is 5.32 Å². The highest BCUT2D eigenvalue weighted by atomic mass is 16.2. The molecule has 0 spiro atoms. The monoisotopic (exact) mass is 317 g/mol. The van der Waals surface area contributed by atoms with E-state index in [1.165, 1.54) is 0 Å². The summed E-state index contributed by atoms with van der Waals surface area (Å²) < 4.78 is 0. The van der Waals surface area contributed by atoms with Gasteiger partial charge in [-0.2, -0.15) is 0 Å². The Bertz CT molecular complexity index is 566. The third-order valence-corrected chi connectivity index (χ3v) is 4.38. The number of hydrogen-bond donors (Lipinski definition) is 2. The van der Waals surface area contributed by atoms with Gasteiger partial charge >= 0.3 is 0 Å². The highest BCUT2D eigenvalue weighted by molar-refractivity contribution is 6.00. The lowest BCUT2D eigenvalue weighted by molar-refractivity contribution is -0.131. The van der Waals surface area contributed by atoms with Crippen LogP contribution >= 0.6 is 0 Å². The molecule has 2 amide bonds. The van der Waals surface area contributed by atoms with E-state index < -0.39 is 11.6 Å². The van der Waals surface area contributed by atoms with Crippen molar-refractivity contribution in [3.05, 3.63) is 29.8 Å². The highest BCUT2D eigenvalue weighted by Crippen LogP contribution is 2.22.